The maximum atomic E-state index is 12.9. The second-order valence-electron chi connectivity index (χ2n) is 9.36. The smallest absolute Gasteiger partial charge is 0.332 e. The number of fused-ring (bicyclic) bond motifs is 1. The van der Waals surface area contributed by atoms with Crippen molar-refractivity contribution < 1.29 is 4.74 Å². The molecule has 2 aromatic rings. The van der Waals surface area contributed by atoms with Crippen LogP contribution in [0.2, 0.25) is 5.02 Å². The van der Waals surface area contributed by atoms with E-state index in [1.165, 1.54) is 23.9 Å². The molecule has 1 spiro atoms. The Kier molecular flexibility index (Phi) is 5.75. The average molecular weight is 445 g/mol. The van der Waals surface area contributed by atoms with Gasteiger partial charge < -0.3 is 4.74 Å². The summed E-state index contributed by atoms with van der Waals surface area (Å²) in [6.07, 6.45) is 6.69. The van der Waals surface area contributed by atoms with Crippen LogP contribution < -0.4 is 11.1 Å². The Morgan fingerprint density at radius 1 is 1.13 bits per heavy atom. The quantitative estimate of drug-likeness (QED) is 0.678. The Hall–Kier alpha value is -1.96. The van der Waals surface area contributed by atoms with Crippen LogP contribution in [-0.4, -0.2) is 37.9 Å². The van der Waals surface area contributed by atoms with Crippen molar-refractivity contribution in [3.05, 3.63) is 61.4 Å². The lowest BCUT2D eigenvalue weighted by molar-refractivity contribution is -0.0860. The minimum absolute atomic E-state index is 0.269. The molecule has 1 saturated carbocycles. The van der Waals surface area contributed by atoms with Crippen LogP contribution in [0.1, 0.15) is 49.9 Å². The van der Waals surface area contributed by atoms with Crippen molar-refractivity contribution in [3.8, 4) is 0 Å². The first-order valence-electron chi connectivity index (χ1n) is 11.3. The van der Waals surface area contributed by atoms with Gasteiger partial charge in [-0.2, -0.15) is 5.10 Å². The van der Waals surface area contributed by atoms with E-state index in [2.05, 4.69) is 16.1 Å². The number of likely N-dealkylation sites (tertiary alicyclic amines) is 1. The van der Waals surface area contributed by atoms with Crippen LogP contribution in [0.3, 0.4) is 0 Å². The lowest BCUT2D eigenvalue weighted by atomic mass is 9.89. The van der Waals surface area contributed by atoms with E-state index in [0.29, 0.717) is 24.8 Å². The number of rotatable bonds is 4. The third-order valence-electron chi connectivity index (χ3n) is 7.01. The summed E-state index contributed by atoms with van der Waals surface area (Å²) < 4.78 is 9.24. The molecule has 1 aromatic heterocycles. The van der Waals surface area contributed by atoms with Crippen LogP contribution in [0.5, 0.6) is 0 Å². The van der Waals surface area contributed by atoms with E-state index in [-0.39, 0.29) is 6.61 Å². The van der Waals surface area contributed by atoms with Crippen LogP contribution >= 0.6 is 11.6 Å². The SMILES string of the molecule is O=c1c(=O)n2c(nn1CC1CCCCC1)CO[C@]1(CCN(Cc3cccc(Cl)c3)C1)C2. The van der Waals surface area contributed by atoms with Crippen LogP contribution in [0.15, 0.2) is 33.9 Å². The van der Waals surface area contributed by atoms with Gasteiger partial charge in [0, 0.05) is 31.2 Å². The lowest BCUT2D eigenvalue weighted by Gasteiger charge is -2.35. The van der Waals surface area contributed by atoms with Crippen LogP contribution in [0.25, 0.3) is 0 Å². The van der Waals surface area contributed by atoms with Gasteiger partial charge in [-0.1, -0.05) is 43.0 Å². The molecular formula is C23H29ClN4O3. The zero-order valence-electron chi connectivity index (χ0n) is 17.8. The van der Waals surface area contributed by atoms with Gasteiger partial charge in [-0.3, -0.25) is 19.1 Å². The molecule has 5 rings (SSSR count). The summed E-state index contributed by atoms with van der Waals surface area (Å²) in [5.41, 5.74) is -0.249. The molecule has 1 aliphatic carbocycles. The molecule has 0 bridgehead atoms. The summed E-state index contributed by atoms with van der Waals surface area (Å²) in [5, 5.41) is 5.27. The van der Waals surface area contributed by atoms with Crippen molar-refractivity contribution in [2.24, 2.45) is 5.92 Å². The van der Waals surface area contributed by atoms with Gasteiger partial charge in [0.25, 0.3) is 0 Å². The molecule has 0 amide bonds. The third kappa shape index (κ3) is 4.36. The Bertz CT molecular complexity index is 1080. The van der Waals surface area contributed by atoms with Gasteiger partial charge in [0.05, 0.1) is 6.54 Å². The number of ether oxygens (including phenoxy) is 1. The lowest BCUT2D eigenvalue weighted by Crippen LogP contribution is -2.53. The van der Waals surface area contributed by atoms with Gasteiger partial charge in [0.15, 0.2) is 5.82 Å². The first-order valence-corrected chi connectivity index (χ1v) is 11.7. The highest BCUT2D eigenvalue weighted by atomic mass is 35.5. The topological polar surface area (TPSA) is 69.4 Å². The zero-order valence-corrected chi connectivity index (χ0v) is 18.5. The molecule has 3 heterocycles. The Morgan fingerprint density at radius 3 is 2.77 bits per heavy atom. The normalized spacial score (nSPS) is 24.5. The molecule has 31 heavy (non-hydrogen) atoms. The summed E-state index contributed by atoms with van der Waals surface area (Å²) in [7, 11) is 0. The second-order valence-corrected chi connectivity index (χ2v) is 9.80. The Balaban J connectivity index is 1.32. The largest absolute Gasteiger partial charge is 0.364 e. The highest BCUT2D eigenvalue weighted by Crippen LogP contribution is 2.32. The molecule has 0 unspecified atom stereocenters. The molecule has 2 fully saturated rings. The number of halogens is 1. The summed E-state index contributed by atoms with van der Waals surface area (Å²) in [6, 6.07) is 7.88. The average Bonchev–Trinajstić information content (AvgIpc) is 3.15. The number of aromatic nitrogens is 3. The minimum Gasteiger partial charge on any atom is -0.364 e. The van der Waals surface area contributed by atoms with Crippen LogP contribution in [0.4, 0.5) is 0 Å². The second kappa shape index (κ2) is 8.52. The molecule has 7 nitrogen and oxygen atoms in total. The van der Waals surface area contributed by atoms with E-state index in [1.807, 2.05) is 18.2 Å². The van der Waals surface area contributed by atoms with Crippen molar-refractivity contribution in [2.45, 2.75) is 70.4 Å². The molecule has 1 atom stereocenters. The fourth-order valence-electron chi connectivity index (χ4n) is 5.34. The standard InChI is InChI=1S/C23H29ClN4O3/c24-19-8-4-7-18(11-19)12-26-10-9-23(15-26)16-27-20(14-31-23)25-28(22(30)21(27)29)13-17-5-2-1-3-6-17/h4,7-8,11,17H,1-3,5-6,9-10,12-16H2/t23-/m0/s1. The van der Waals surface area contributed by atoms with E-state index < -0.39 is 16.7 Å². The van der Waals surface area contributed by atoms with Gasteiger partial charge in [-0.05, 0) is 42.9 Å². The number of hydrogen-bond donors (Lipinski definition) is 0. The summed E-state index contributed by atoms with van der Waals surface area (Å²) in [4.78, 5) is 28.0. The zero-order chi connectivity index (χ0) is 21.4. The first kappa shape index (κ1) is 20.9. The number of hydrogen-bond acceptors (Lipinski definition) is 5. The van der Waals surface area contributed by atoms with Crippen molar-refractivity contribution in [1.29, 1.82) is 0 Å². The molecule has 0 radical (unpaired) electrons. The van der Waals surface area contributed by atoms with Crippen LogP contribution in [-0.2, 0) is 31.0 Å². The minimum atomic E-state index is -0.500. The Morgan fingerprint density at radius 2 is 1.97 bits per heavy atom. The predicted octanol–water partition coefficient (Wildman–Crippen LogP) is 2.81. The monoisotopic (exact) mass is 444 g/mol. The van der Waals surface area contributed by atoms with Crippen LogP contribution in [0, 0.1) is 5.92 Å². The molecule has 1 aromatic carbocycles. The van der Waals surface area contributed by atoms with Gasteiger partial charge in [-0.15, -0.1) is 0 Å². The van der Waals surface area contributed by atoms with Gasteiger partial charge in [-0.25, -0.2) is 4.68 Å². The van der Waals surface area contributed by atoms with Gasteiger partial charge >= 0.3 is 11.1 Å². The van der Waals surface area contributed by atoms with Crippen molar-refractivity contribution in [2.75, 3.05) is 13.1 Å². The van der Waals surface area contributed by atoms with E-state index in [0.717, 1.165) is 49.5 Å². The van der Waals surface area contributed by atoms with Gasteiger partial charge in [0.2, 0.25) is 0 Å². The molecule has 0 N–H and O–H groups in total. The predicted molar refractivity (Wildman–Crippen MR) is 118 cm³/mol. The fraction of sp³-hybridized carbons (Fsp3) is 0.609. The summed E-state index contributed by atoms with van der Waals surface area (Å²) in [5.74, 6) is 1.01. The maximum absolute atomic E-state index is 12.9. The van der Waals surface area contributed by atoms with Gasteiger partial charge in [0.1, 0.15) is 12.2 Å². The fourth-order valence-corrected chi connectivity index (χ4v) is 5.56. The van der Waals surface area contributed by atoms with E-state index in [1.54, 1.807) is 4.57 Å². The first-order chi connectivity index (χ1) is 15.0. The molecule has 3 aliphatic rings. The summed E-state index contributed by atoms with van der Waals surface area (Å²) >= 11 is 6.12. The molecule has 8 heteroatoms. The van der Waals surface area contributed by atoms with E-state index >= 15 is 0 Å². The summed E-state index contributed by atoms with van der Waals surface area (Å²) in [6.45, 7) is 3.58. The molecule has 1 saturated heterocycles. The molecular weight excluding hydrogens is 416 g/mol. The highest BCUT2D eigenvalue weighted by Gasteiger charge is 2.43. The van der Waals surface area contributed by atoms with E-state index in [9.17, 15) is 9.59 Å². The van der Waals surface area contributed by atoms with Crippen molar-refractivity contribution in [1.82, 2.24) is 19.2 Å². The number of benzene rings is 1. The third-order valence-corrected chi connectivity index (χ3v) is 7.25. The molecule has 166 valence electrons. The van der Waals surface area contributed by atoms with Crippen molar-refractivity contribution >= 4 is 11.6 Å². The van der Waals surface area contributed by atoms with E-state index in [4.69, 9.17) is 16.3 Å². The number of nitrogens with zero attached hydrogens (tertiary/aromatic N) is 4. The highest BCUT2D eigenvalue weighted by molar-refractivity contribution is 6.30. The molecule has 2 aliphatic heterocycles. The Labute approximate surface area is 186 Å². The van der Waals surface area contributed by atoms with Crippen molar-refractivity contribution in [3.63, 3.8) is 0 Å². The maximum Gasteiger partial charge on any atom is 0.332 e.